The summed E-state index contributed by atoms with van der Waals surface area (Å²) >= 11 is 0. The average Bonchev–Trinajstić information content (AvgIpc) is 2.77. The number of pyridine rings is 1. The molecule has 0 bridgehead atoms. The van der Waals surface area contributed by atoms with Crippen molar-refractivity contribution in [2.75, 3.05) is 20.7 Å². The summed E-state index contributed by atoms with van der Waals surface area (Å²) in [5.74, 6) is 1.50. The number of aromatic nitrogens is 1. The third-order valence-electron chi connectivity index (χ3n) is 6.06. The van der Waals surface area contributed by atoms with Crippen molar-refractivity contribution in [2.24, 2.45) is 0 Å². The van der Waals surface area contributed by atoms with E-state index in [0.717, 1.165) is 47.8 Å². The Hall–Kier alpha value is -3.11. The molecule has 0 atom stereocenters. The highest BCUT2D eigenvalue weighted by Gasteiger charge is 2.23. The summed E-state index contributed by atoms with van der Waals surface area (Å²) in [6, 6.07) is 19.1. The Bertz CT molecular complexity index is 1280. The Morgan fingerprint density at radius 1 is 0.968 bits per heavy atom. The average molecular weight is 413 g/mol. The standard InChI is InChI=1S/C27H28N2O2/c1-17(2)31-25-15-19(10-12-24(25)30-4)27-22-16-29(3)14-13-21(22)26-20-8-6-5-7-18(20)9-11-23(26)28-27/h5-12,15,17H,13-14,16H2,1-4H3. The zero-order valence-corrected chi connectivity index (χ0v) is 18.6. The van der Waals surface area contributed by atoms with E-state index in [1.54, 1.807) is 7.11 Å². The van der Waals surface area contributed by atoms with Gasteiger partial charge >= 0.3 is 0 Å². The van der Waals surface area contributed by atoms with Gasteiger partial charge in [0.2, 0.25) is 0 Å². The Morgan fingerprint density at radius 3 is 2.61 bits per heavy atom. The summed E-state index contributed by atoms with van der Waals surface area (Å²) in [5.41, 5.74) is 5.91. The van der Waals surface area contributed by atoms with Gasteiger partial charge in [-0.2, -0.15) is 0 Å². The lowest BCUT2D eigenvalue weighted by molar-refractivity contribution is 0.230. The first-order valence-corrected chi connectivity index (χ1v) is 10.9. The topological polar surface area (TPSA) is 34.6 Å². The van der Waals surface area contributed by atoms with Crippen molar-refractivity contribution in [3.05, 3.63) is 65.7 Å². The van der Waals surface area contributed by atoms with Gasteiger partial charge in [0.15, 0.2) is 11.5 Å². The van der Waals surface area contributed by atoms with Gasteiger partial charge in [-0.25, -0.2) is 4.98 Å². The van der Waals surface area contributed by atoms with E-state index in [-0.39, 0.29) is 6.10 Å². The van der Waals surface area contributed by atoms with Crippen LogP contribution in [0.1, 0.15) is 25.0 Å². The predicted octanol–water partition coefficient (Wildman–Crippen LogP) is 5.84. The van der Waals surface area contributed by atoms with Crippen LogP contribution in [0.15, 0.2) is 54.6 Å². The van der Waals surface area contributed by atoms with Gasteiger partial charge in [0.25, 0.3) is 0 Å². The molecule has 0 amide bonds. The zero-order chi connectivity index (χ0) is 21.5. The minimum atomic E-state index is 0.0696. The largest absolute Gasteiger partial charge is 0.493 e. The quantitative estimate of drug-likeness (QED) is 0.395. The molecule has 0 aliphatic carbocycles. The Labute approximate surface area is 183 Å². The molecule has 0 radical (unpaired) electrons. The van der Waals surface area contributed by atoms with E-state index < -0.39 is 0 Å². The molecule has 4 nitrogen and oxygen atoms in total. The van der Waals surface area contributed by atoms with Crippen LogP contribution in [0.5, 0.6) is 11.5 Å². The molecule has 0 saturated carbocycles. The lowest BCUT2D eigenvalue weighted by Gasteiger charge is -2.28. The summed E-state index contributed by atoms with van der Waals surface area (Å²) in [7, 11) is 3.86. The first-order chi connectivity index (χ1) is 15.0. The molecular formula is C27H28N2O2. The highest BCUT2D eigenvalue weighted by atomic mass is 16.5. The molecule has 4 aromatic rings. The third kappa shape index (κ3) is 3.51. The Kier molecular flexibility index (Phi) is 5.03. The lowest BCUT2D eigenvalue weighted by atomic mass is 9.89. The first kappa shape index (κ1) is 19.8. The van der Waals surface area contributed by atoms with Crippen molar-refractivity contribution >= 4 is 21.7 Å². The van der Waals surface area contributed by atoms with Crippen molar-refractivity contribution < 1.29 is 9.47 Å². The third-order valence-corrected chi connectivity index (χ3v) is 6.06. The fraction of sp³-hybridized carbons (Fsp3) is 0.296. The lowest BCUT2D eigenvalue weighted by Crippen LogP contribution is -2.27. The highest BCUT2D eigenvalue weighted by molar-refractivity contribution is 6.09. The number of hydrogen-bond acceptors (Lipinski definition) is 4. The number of rotatable bonds is 4. The highest BCUT2D eigenvalue weighted by Crippen LogP contribution is 2.39. The molecule has 4 heteroatoms. The normalized spacial score (nSPS) is 14.2. The molecule has 3 aromatic carbocycles. The van der Waals surface area contributed by atoms with Crippen LogP contribution >= 0.6 is 0 Å². The molecule has 0 saturated heterocycles. The molecule has 0 fully saturated rings. The molecule has 1 aliphatic heterocycles. The summed E-state index contributed by atoms with van der Waals surface area (Å²) in [6.45, 7) is 6.01. The molecule has 5 rings (SSSR count). The van der Waals surface area contributed by atoms with E-state index >= 15 is 0 Å². The monoisotopic (exact) mass is 412 g/mol. The van der Waals surface area contributed by atoms with Crippen molar-refractivity contribution in [1.82, 2.24) is 9.88 Å². The van der Waals surface area contributed by atoms with Crippen molar-refractivity contribution in [2.45, 2.75) is 32.9 Å². The van der Waals surface area contributed by atoms with Crippen molar-refractivity contribution in [3.8, 4) is 22.8 Å². The predicted molar refractivity (Wildman–Crippen MR) is 127 cm³/mol. The summed E-state index contributed by atoms with van der Waals surface area (Å²) < 4.78 is 11.6. The van der Waals surface area contributed by atoms with Gasteiger partial charge in [0.1, 0.15) is 0 Å². The number of ether oxygens (including phenoxy) is 2. The van der Waals surface area contributed by atoms with Gasteiger partial charge in [-0.15, -0.1) is 0 Å². The van der Waals surface area contributed by atoms with Crippen LogP contribution in [0.3, 0.4) is 0 Å². The van der Waals surface area contributed by atoms with Gasteiger partial charge < -0.3 is 14.4 Å². The molecule has 0 spiro atoms. The van der Waals surface area contributed by atoms with Crippen molar-refractivity contribution in [3.63, 3.8) is 0 Å². The molecule has 1 aliphatic rings. The fourth-order valence-electron chi connectivity index (χ4n) is 4.66. The molecule has 158 valence electrons. The van der Waals surface area contributed by atoms with Crippen LogP contribution in [-0.4, -0.2) is 36.7 Å². The van der Waals surface area contributed by atoms with Gasteiger partial charge in [-0.3, -0.25) is 0 Å². The van der Waals surface area contributed by atoms with Gasteiger partial charge in [-0.05, 0) is 73.5 Å². The minimum absolute atomic E-state index is 0.0696. The number of benzene rings is 3. The number of fused-ring (bicyclic) bond motifs is 5. The maximum absolute atomic E-state index is 6.05. The number of nitrogens with zero attached hydrogens (tertiary/aromatic N) is 2. The van der Waals surface area contributed by atoms with Crippen LogP contribution < -0.4 is 9.47 Å². The second-order valence-electron chi connectivity index (χ2n) is 8.62. The second kappa shape index (κ2) is 7.86. The minimum Gasteiger partial charge on any atom is -0.493 e. The Morgan fingerprint density at radius 2 is 1.81 bits per heavy atom. The summed E-state index contributed by atoms with van der Waals surface area (Å²) in [6.07, 6.45) is 1.09. The number of likely N-dealkylation sites (N-methyl/N-ethyl adjacent to an activating group) is 1. The van der Waals surface area contributed by atoms with E-state index in [9.17, 15) is 0 Å². The van der Waals surface area contributed by atoms with Gasteiger partial charge in [0, 0.05) is 24.0 Å². The summed E-state index contributed by atoms with van der Waals surface area (Å²) in [4.78, 5) is 7.57. The number of methoxy groups -OCH3 is 1. The van der Waals surface area contributed by atoms with Crippen molar-refractivity contribution in [1.29, 1.82) is 0 Å². The second-order valence-corrected chi connectivity index (χ2v) is 8.62. The molecule has 2 heterocycles. The van der Waals surface area contributed by atoms with E-state index in [1.807, 2.05) is 19.9 Å². The molecule has 1 aromatic heterocycles. The summed E-state index contributed by atoms with van der Waals surface area (Å²) in [5, 5.41) is 3.86. The van der Waals surface area contributed by atoms with Crippen LogP contribution in [0.2, 0.25) is 0 Å². The van der Waals surface area contributed by atoms with Crippen LogP contribution in [-0.2, 0) is 13.0 Å². The Balaban J connectivity index is 1.78. The van der Waals surface area contributed by atoms with Gasteiger partial charge in [0.05, 0.1) is 24.4 Å². The molecule has 31 heavy (non-hydrogen) atoms. The van der Waals surface area contributed by atoms with Crippen LogP contribution in [0, 0.1) is 0 Å². The van der Waals surface area contributed by atoms with E-state index in [2.05, 4.69) is 60.5 Å². The van der Waals surface area contributed by atoms with E-state index in [0.29, 0.717) is 0 Å². The maximum Gasteiger partial charge on any atom is 0.162 e. The maximum atomic E-state index is 6.05. The van der Waals surface area contributed by atoms with E-state index in [1.165, 1.54) is 27.3 Å². The number of hydrogen-bond donors (Lipinski definition) is 0. The van der Waals surface area contributed by atoms with E-state index in [4.69, 9.17) is 14.5 Å². The zero-order valence-electron chi connectivity index (χ0n) is 18.6. The van der Waals surface area contributed by atoms with Crippen LogP contribution in [0.25, 0.3) is 32.9 Å². The molecule has 0 unspecified atom stereocenters. The fourth-order valence-corrected chi connectivity index (χ4v) is 4.66. The molecule has 0 N–H and O–H groups in total. The van der Waals surface area contributed by atoms with Gasteiger partial charge in [-0.1, -0.05) is 30.3 Å². The van der Waals surface area contributed by atoms with Crippen LogP contribution in [0.4, 0.5) is 0 Å². The first-order valence-electron chi connectivity index (χ1n) is 10.9. The SMILES string of the molecule is COc1ccc(-c2nc3ccc4ccccc4c3c3c2CN(C)CC3)cc1OC(C)C. The smallest absolute Gasteiger partial charge is 0.162 e. The molecular weight excluding hydrogens is 384 g/mol.